The molecule has 0 aliphatic heterocycles. The summed E-state index contributed by atoms with van der Waals surface area (Å²) in [5.41, 5.74) is 0. The molecule has 0 spiro atoms. The van der Waals surface area contributed by atoms with Crippen LogP contribution in [0.4, 0.5) is 4.79 Å². The second kappa shape index (κ2) is 6.61. The number of nitrogens with one attached hydrogen (secondary N) is 2. The highest BCUT2D eigenvalue weighted by molar-refractivity contribution is 7.86. The molecule has 0 heterocycles. The zero-order valence-corrected chi connectivity index (χ0v) is 10.4. The molecule has 4 nitrogen and oxygen atoms in total. The Balaban J connectivity index is 3.66. The fourth-order valence-corrected chi connectivity index (χ4v) is 1.69. The zero-order valence-electron chi connectivity index (χ0n) is 9.63. The minimum atomic E-state index is -0.922. The molecule has 0 rings (SSSR count). The molecule has 2 N–H and O–H groups in total. The van der Waals surface area contributed by atoms with E-state index in [1.54, 1.807) is 6.08 Å². The van der Waals surface area contributed by atoms with Crippen LogP contribution in [-0.2, 0) is 10.8 Å². The number of rotatable bonds is 5. The lowest BCUT2D eigenvalue weighted by molar-refractivity contribution is 0.242. The van der Waals surface area contributed by atoms with Crippen molar-refractivity contribution in [2.45, 2.75) is 25.5 Å². The van der Waals surface area contributed by atoms with Crippen molar-refractivity contribution < 1.29 is 9.00 Å². The third-order valence-corrected chi connectivity index (χ3v) is 3.60. The zero-order chi connectivity index (χ0) is 11.9. The molecule has 2 amide bonds. The number of amides is 2. The number of hydrogen-bond donors (Lipinski definition) is 2. The van der Waals surface area contributed by atoms with E-state index in [-0.39, 0.29) is 10.8 Å². The molecular weight excluding hydrogens is 212 g/mol. The van der Waals surface area contributed by atoms with Crippen molar-refractivity contribution in [3.63, 3.8) is 0 Å². The summed E-state index contributed by atoms with van der Waals surface area (Å²) >= 11 is 0. The van der Waals surface area contributed by atoms with E-state index in [9.17, 15) is 9.00 Å². The molecule has 15 heavy (non-hydrogen) atoms. The monoisotopic (exact) mass is 232 g/mol. The van der Waals surface area contributed by atoms with Crippen molar-refractivity contribution in [2.75, 3.05) is 18.8 Å². The first-order valence-corrected chi connectivity index (χ1v) is 6.21. The first-order chi connectivity index (χ1) is 6.88. The van der Waals surface area contributed by atoms with Crippen LogP contribution >= 0.6 is 0 Å². The molecule has 0 fully saturated rings. The Morgan fingerprint density at radius 1 is 1.40 bits per heavy atom. The van der Waals surface area contributed by atoms with E-state index in [0.29, 0.717) is 18.8 Å². The predicted molar refractivity (Wildman–Crippen MR) is 64.4 cm³/mol. The van der Waals surface area contributed by atoms with Gasteiger partial charge in [0.2, 0.25) is 0 Å². The minimum Gasteiger partial charge on any atom is -0.337 e. The minimum absolute atomic E-state index is 0.223. The van der Waals surface area contributed by atoms with Gasteiger partial charge in [-0.15, -0.1) is 6.58 Å². The third-order valence-electron chi connectivity index (χ3n) is 1.66. The number of carbonyl (C=O) groups is 1. The molecular formula is C10H20N2O2S. The second-order valence-electron chi connectivity index (χ2n) is 4.09. The lowest BCUT2D eigenvalue weighted by Gasteiger charge is -2.17. The Kier molecular flexibility index (Phi) is 6.24. The fourth-order valence-electron chi connectivity index (χ4n) is 0.791. The van der Waals surface area contributed by atoms with Crippen LogP contribution in [0.2, 0.25) is 0 Å². The van der Waals surface area contributed by atoms with Crippen molar-refractivity contribution in [2.24, 2.45) is 0 Å². The summed E-state index contributed by atoms with van der Waals surface area (Å²) in [6, 6.07) is -0.249. The van der Waals surface area contributed by atoms with Crippen LogP contribution in [-0.4, -0.2) is 33.8 Å². The van der Waals surface area contributed by atoms with Gasteiger partial charge in [0, 0.05) is 34.4 Å². The van der Waals surface area contributed by atoms with E-state index in [0.717, 1.165) is 0 Å². The van der Waals surface area contributed by atoms with E-state index in [1.807, 2.05) is 20.8 Å². The van der Waals surface area contributed by atoms with E-state index >= 15 is 0 Å². The van der Waals surface area contributed by atoms with E-state index in [2.05, 4.69) is 17.2 Å². The largest absolute Gasteiger partial charge is 0.337 e. The van der Waals surface area contributed by atoms with Gasteiger partial charge in [-0.1, -0.05) is 6.08 Å². The van der Waals surface area contributed by atoms with Gasteiger partial charge in [-0.05, 0) is 20.8 Å². The molecule has 0 saturated heterocycles. The first kappa shape index (κ1) is 14.2. The molecule has 0 saturated carbocycles. The Morgan fingerprint density at radius 3 is 2.47 bits per heavy atom. The predicted octanol–water partition coefficient (Wildman–Crippen LogP) is 1.02. The van der Waals surface area contributed by atoms with Gasteiger partial charge in [-0.25, -0.2) is 4.79 Å². The summed E-state index contributed by atoms with van der Waals surface area (Å²) in [7, 11) is -0.922. The van der Waals surface area contributed by atoms with Crippen molar-refractivity contribution in [3.8, 4) is 0 Å². The van der Waals surface area contributed by atoms with Crippen LogP contribution in [0.3, 0.4) is 0 Å². The molecule has 0 aliphatic rings. The lowest BCUT2D eigenvalue weighted by Crippen LogP contribution is -2.39. The van der Waals surface area contributed by atoms with Crippen molar-refractivity contribution in [1.29, 1.82) is 0 Å². The Hall–Kier alpha value is -0.840. The standard InChI is InChI=1S/C10H20N2O2S/c1-5-6-11-9(13)12-7-8-15(14)10(2,3)4/h5H,1,6-8H2,2-4H3,(H2,11,12,13). The maximum Gasteiger partial charge on any atom is 0.315 e. The molecule has 0 aromatic rings. The molecule has 1 unspecified atom stereocenters. The molecule has 88 valence electrons. The Morgan fingerprint density at radius 2 is 2.00 bits per heavy atom. The average molecular weight is 232 g/mol. The molecule has 1 atom stereocenters. The van der Waals surface area contributed by atoms with Gasteiger partial charge in [0.05, 0.1) is 0 Å². The number of hydrogen-bond acceptors (Lipinski definition) is 2. The van der Waals surface area contributed by atoms with Gasteiger partial charge in [0.25, 0.3) is 0 Å². The molecule has 0 aromatic heterocycles. The quantitative estimate of drug-likeness (QED) is 0.695. The van der Waals surface area contributed by atoms with Gasteiger partial charge in [0.1, 0.15) is 0 Å². The molecule has 0 aromatic carbocycles. The first-order valence-electron chi connectivity index (χ1n) is 4.89. The smallest absolute Gasteiger partial charge is 0.315 e. The SMILES string of the molecule is C=CCNC(=O)NCCS(=O)C(C)(C)C. The maximum absolute atomic E-state index is 11.6. The molecule has 0 aliphatic carbocycles. The second-order valence-corrected chi connectivity index (χ2v) is 6.41. The fraction of sp³-hybridized carbons (Fsp3) is 0.700. The average Bonchev–Trinajstić information content (AvgIpc) is 2.13. The Labute approximate surface area is 94.0 Å². The van der Waals surface area contributed by atoms with Gasteiger partial charge in [-0.2, -0.15) is 0 Å². The summed E-state index contributed by atoms with van der Waals surface area (Å²) in [5, 5.41) is 5.21. The van der Waals surface area contributed by atoms with E-state index < -0.39 is 10.8 Å². The summed E-state index contributed by atoms with van der Waals surface area (Å²) in [6.45, 7) is 10.1. The summed E-state index contributed by atoms with van der Waals surface area (Å²) in [5.74, 6) is 0.477. The highest BCUT2D eigenvalue weighted by atomic mass is 32.2. The van der Waals surface area contributed by atoms with Crippen LogP contribution in [0.25, 0.3) is 0 Å². The normalized spacial score (nSPS) is 13.0. The summed E-state index contributed by atoms with van der Waals surface area (Å²) < 4.78 is 11.4. The van der Waals surface area contributed by atoms with Crippen molar-refractivity contribution in [3.05, 3.63) is 12.7 Å². The summed E-state index contributed by atoms with van der Waals surface area (Å²) in [6.07, 6.45) is 1.60. The Bertz CT molecular complexity index is 246. The number of carbonyl (C=O) groups excluding carboxylic acids is 1. The van der Waals surface area contributed by atoms with E-state index in [1.165, 1.54) is 0 Å². The number of urea groups is 1. The highest BCUT2D eigenvalue weighted by Gasteiger charge is 2.18. The van der Waals surface area contributed by atoms with Crippen LogP contribution < -0.4 is 10.6 Å². The maximum atomic E-state index is 11.6. The highest BCUT2D eigenvalue weighted by Crippen LogP contribution is 2.10. The van der Waals surface area contributed by atoms with Gasteiger partial charge >= 0.3 is 6.03 Å². The van der Waals surface area contributed by atoms with Crippen LogP contribution in [0.1, 0.15) is 20.8 Å². The third kappa shape index (κ3) is 7.13. The van der Waals surface area contributed by atoms with E-state index in [4.69, 9.17) is 0 Å². The molecule has 5 heteroatoms. The summed E-state index contributed by atoms with van der Waals surface area (Å²) in [4.78, 5) is 11.1. The van der Waals surface area contributed by atoms with Crippen LogP contribution in [0, 0.1) is 0 Å². The van der Waals surface area contributed by atoms with Gasteiger partial charge in [-0.3, -0.25) is 4.21 Å². The van der Waals surface area contributed by atoms with Crippen molar-refractivity contribution in [1.82, 2.24) is 10.6 Å². The molecule has 0 radical (unpaired) electrons. The van der Waals surface area contributed by atoms with Crippen molar-refractivity contribution >= 4 is 16.8 Å². The van der Waals surface area contributed by atoms with Crippen LogP contribution in [0.5, 0.6) is 0 Å². The molecule has 0 bridgehead atoms. The lowest BCUT2D eigenvalue weighted by atomic mass is 10.3. The van der Waals surface area contributed by atoms with Gasteiger partial charge < -0.3 is 10.6 Å². The van der Waals surface area contributed by atoms with Gasteiger partial charge in [0.15, 0.2) is 0 Å². The van der Waals surface area contributed by atoms with Crippen LogP contribution in [0.15, 0.2) is 12.7 Å². The topological polar surface area (TPSA) is 58.2 Å².